The first-order valence-corrected chi connectivity index (χ1v) is 49.0. The smallest absolute Gasteiger partial charge is 0.186 e. The van der Waals surface area contributed by atoms with Gasteiger partial charge >= 0.3 is 0 Å². The minimum absolute atomic E-state index is 0.293. The van der Waals surface area contributed by atoms with E-state index in [0.717, 1.165) is 0 Å². The molecule has 40 N–H and O–H groups in total. The zero-order valence-electron chi connectivity index (χ0n) is 85.5. The molecular formula is C88H184N8O48. The van der Waals surface area contributed by atoms with Gasteiger partial charge in [0.2, 0.25) is 0 Å². The summed E-state index contributed by atoms with van der Waals surface area (Å²) in [4.78, 5) is 0. The van der Waals surface area contributed by atoms with Crippen molar-refractivity contribution < 1.29 is 239 Å². The van der Waals surface area contributed by atoms with Gasteiger partial charge in [0.05, 0.1) is 106 Å². The molecule has 0 spiro atoms. The van der Waals surface area contributed by atoms with Crippen LogP contribution in [-0.2, 0) is 75.8 Å². The molecule has 8 aliphatic rings. The second-order valence-corrected chi connectivity index (χ2v) is 37.4. The summed E-state index contributed by atoms with van der Waals surface area (Å²) in [5, 5.41) is 327. The van der Waals surface area contributed by atoms with Crippen LogP contribution in [0.15, 0.2) is 0 Å². The first kappa shape index (κ1) is 140. The van der Waals surface area contributed by atoms with Crippen LogP contribution in [0.25, 0.3) is 0 Å². The van der Waals surface area contributed by atoms with Crippen LogP contribution >= 0.6 is 0 Å². The molecule has 8 aliphatic heterocycles. The zero-order chi connectivity index (χ0) is 110. The Balaban J connectivity index is 0.000000823. The molecule has 0 bridgehead atoms. The van der Waals surface area contributed by atoms with Gasteiger partial charge in [-0.15, -0.1) is 0 Å². The largest absolute Gasteiger partial charge is 0.394 e. The summed E-state index contributed by atoms with van der Waals surface area (Å²) in [6.07, 6.45) is -48.3. The molecule has 144 heavy (non-hydrogen) atoms. The van der Waals surface area contributed by atoms with Crippen LogP contribution in [0.5, 0.6) is 0 Å². The number of aliphatic hydroxyl groups excluding tert-OH is 32. The summed E-state index contributed by atoms with van der Waals surface area (Å²) in [5.74, 6) is 0. The third-order valence-corrected chi connectivity index (χ3v) is 22.3. The zero-order valence-corrected chi connectivity index (χ0v) is 85.5. The van der Waals surface area contributed by atoms with Crippen molar-refractivity contribution in [1.82, 2.24) is 42.5 Å². The second-order valence-electron chi connectivity index (χ2n) is 37.4. The maximum Gasteiger partial charge on any atom is 0.186 e. The maximum atomic E-state index is 9.67. The van der Waals surface area contributed by atoms with Crippen molar-refractivity contribution in [2.45, 2.75) is 405 Å². The Kier molecular flexibility index (Phi) is 74.1. The van der Waals surface area contributed by atoms with Crippen LogP contribution in [0, 0.1) is 0 Å². The quantitative estimate of drug-likeness (QED) is 0.0252. The fourth-order valence-corrected chi connectivity index (χ4v) is 13.8. The number of ether oxygens (including phenoxy) is 16. The van der Waals surface area contributed by atoms with E-state index in [-0.39, 0.29) is 0 Å². The molecule has 16 unspecified atom stereocenters. The van der Waals surface area contributed by atoms with Gasteiger partial charge in [-0.25, -0.2) is 0 Å². The molecule has 0 aromatic rings. The SMILES string of the molecule is CC(C)NCCO[C@@H]1OC(CO)[C@@H](O)[C@H](O)C1O.CC(C)NCCO[C@@H]1OC(CO)[C@@H](O)[C@H](O)C1O.CC(C)NCCO[C@@H]1OC(CO)[C@@H](O)[C@H](O)C1O.CC(C)NCCO[C@@H]1OC(CO)[C@@H](O)[C@H](O)C1O.CC(C)NCCO[C@@H]1OC(CO)[C@H](O)[C@H](O)C1O.CC(C)NCCO[C@@H]1OC(CO)[C@H](O)[C@H](O)C1O.CC(C)NCCO[C@@H]1OC(CO)[C@H](O)[C@H](O)C1O.CC(C)NCCO[C@@H]1OC(CO)[C@H](O)[C@H](O)C1O. The highest BCUT2D eigenvalue weighted by Gasteiger charge is 2.52. The number of rotatable bonds is 48. The van der Waals surface area contributed by atoms with Crippen LogP contribution in [-0.4, -0.2) is 615 Å². The fourth-order valence-electron chi connectivity index (χ4n) is 13.8. The van der Waals surface area contributed by atoms with Gasteiger partial charge in [0.25, 0.3) is 0 Å². The van der Waals surface area contributed by atoms with Crippen LogP contribution < -0.4 is 42.5 Å². The predicted octanol–water partition coefficient (Wildman–Crippen LogP) is -17.6. The highest BCUT2D eigenvalue weighted by Crippen LogP contribution is 2.30. The lowest BCUT2D eigenvalue weighted by molar-refractivity contribution is -0.300. The third-order valence-electron chi connectivity index (χ3n) is 22.3. The number of hydrogen-bond acceptors (Lipinski definition) is 56. The fraction of sp³-hybridized carbons (Fsp3) is 1.00. The molecule has 56 nitrogen and oxygen atoms in total. The van der Waals surface area contributed by atoms with Gasteiger partial charge < -0.3 is 282 Å². The molecule has 0 amide bonds. The van der Waals surface area contributed by atoms with E-state index in [4.69, 9.17) is 117 Å². The standard InChI is InChI=1S/8C11H23NO6/c8*1-6(2)12-3-4-17-11-10(16)9(15)8(14)7(5-13)18-11/h8*6-16H,3-5H2,1-2H3/t4*7?,8-,9+,10?,11-;4*7?,8-,9-,10?,11+/m11110000/s1. The average Bonchev–Trinajstić information content (AvgIpc) is 0.862. The van der Waals surface area contributed by atoms with Gasteiger partial charge in [0.1, 0.15) is 195 Å². The molecule has 0 aliphatic carbocycles. The van der Waals surface area contributed by atoms with Gasteiger partial charge in [-0.3, -0.25) is 0 Å². The Hall–Kier alpha value is -2.24. The van der Waals surface area contributed by atoms with Crippen molar-refractivity contribution in [3.05, 3.63) is 0 Å². The van der Waals surface area contributed by atoms with Gasteiger partial charge in [-0.1, -0.05) is 111 Å². The maximum absolute atomic E-state index is 9.67. The summed E-state index contributed by atoms with van der Waals surface area (Å²) in [6.45, 7) is 35.3. The van der Waals surface area contributed by atoms with E-state index in [0.29, 0.717) is 154 Å². The highest BCUT2D eigenvalue weighted by molar-refractivity contribution is 4.96. The van der Waals surface area contributed by atoms with E-state index in [1.807, 2.05) is 111 Å². The summed E-state index contributed by atoms with van der Waals surface area (Å²) in [5.41, 5.74) is 0. The molecule has 864 valence electrons. The van der Waals surface area contributed by atoms with E-state index in [1.165, 1.54) is 0 Å². The van der Waals surface area contributed by atoms with Crippen molar-refractivity contribution in [2.24, 2.45) is 0 Å². The molecule has 0 saturated carbocycles. The first-order valence-electron chi connectivity index (χ1n) is 49.0. The third kappa shape index (κ3) is 51.0. The van der Waals surface area contributed by atoms with Crippen molar-refractivity contribution >= 4 is 0 Å². The lowest BCUT2D eigenvalue weighted by Crippen LogP contribution is -2.59. The van der Waals surface area contributed by atoms with Crippen LogP contribution in [0.3, 0.4) is 0 Å². The summed E-state index contributed by atoms with van der Waals surface area (Å²) in [6, 6.07) is 2.58. The molecule has 40 atom stereocenters. The van der Waals surface area contributed by atoms with Gasteiger partial charge in [0, 0.05) is 101 Å². The summed E-state index contributed by atoms with van der Waals surface area (Å²) in [7, 11) is 0. The van der Waals surface area contributed by atoms with E-state index < -0.39 is 299 Å². The lowest BCUT2D eigenvalue weighted by Gasteiger charge is -2.39. The predicted molar refractivity (Wildman–Crippen MR) is 503 cm³/mol. The van der Waals surface area contributed by atoms with Gasteiger partial charge in [-0.05, 0) is 0 Å². The summed E-state index contributed by atoms with van der Waals surface area (Å²) < 4.78 is 83.7. The van der Waals surface area contributed by atoms with Crippen LogP contribution in [0.1, 0.15) is 111 Å². The minimum Gasteiger partial charge on any atom is -0.394 e. The molecule has 56 heteroatoms. The molecule has 0 radical (unpaired) electrons. The average molecular weight is 2120 g/mol. The number of aliphatic hydroxyl groups is 32. The Labute approximate surface area is 841 Å². The monoisotopic (exact) mass is 2120 g/mol. The van der Waals surface area contributed by atoms with Gasteiger partial charge in [-0.2, -0.15) is 0 Å². The first-order chi connectivity index (χ1) is 67.7. The van der Waals surface area contributed by atoms with Crippen LogP contribution in [0.4, 0.5) is 0 Å². The van der Waals surface area contributed by atoms with Crippen molar-refractivity contribution in [3.8, 4) is 0 Å². The van der Waals surface area contributed by atoms with E-state index in [2.05, 4.69) is 42.5 Å². The Morgan fingerprint density at radius 3 is 0.299 bits per heavy atom. The Bertz CT molecular complexity index is 2480. The van der Waals surface area contributed by atoms with Crippen molar-refractivity contribution in [1.29, 1.82) is 0 Å². The number of hydrogen-bond donors (Lipinski definition) is 40. The molecule has 8 fully saturated rings. The summed E-state index contributed by atoms with van der Waals surface area (Å²) >= 11 is 0. The molecule has 8 saturated heterocycles. The van der Waals surface area contributed by atoms with Crippen LogP contribution in [0.2, 0.25) is 0 Å². The van der Waals surface area contributed by atoms with E-state index >= 15 is 0 Å². The van der Waals surface area contributed by atoms with Crippen molar-refractivity contribution in [3.63, 3.8) is 0 Å². The molecule has 8 rings (SSSR count). The van der Waals surface area contributed by atoms with E-state index in [1.54, 1.807) is 0 Å². The lowest BCUT2D eigenvalue weighted by atomic mass is 9.99. The van der Waals surface area contributed by atoms with Crippen molar-refractivity contribution in [2.75, 3.05) is 158 Å². The Morgan fingerprint density at radius 1 is 0.146 bits per heavy atom. The number of nitrogens with one attached hydrogen (secondary N) is 8. The van der Waals surface area contributed by atoms with Gasteiger partial charge in [0.15, 0.2) is 50.3 Å². The molecule has 0 aromatic heterocycles. The molecule has 0 aromatic carbocycles. The Morgan fingerprint density at radius 2 is 0.229 bits per heavy atom. The van der Waals surface area contributed by atoms with E-state index in [9.17, 15) is 123 Å². The topological polar surface area (TPSA) is 891 Å². The molecule has 8 heterocycles. The normalized spacial score (nSPS) is 37.2. The second kappa shape index (κ2) is 76.4. The minimum atomic E-state index is -1.39. The molecular weight excluding hydrogens is 1940 g/mol. The highest BCUT2D eigenvalue weighted by atomic mass is 16.8.